The molecule has 1 aromatic carbocycles. The lowest BCUT2D eigenvalue weighted by Crippen LogP contribution is -2.52. The SMILES string of the molecule is CN1CCN(CN2C(=O)CC3(CCCC3)C2=O)[C@@H](c2ccccc2)C1. The third-order valence-corrected chi connectivity index (χ3v) is 6.25. The van der Waals surface area contributed by atoms with Crippen molar-refractivity contribution in [3.63, 3.8) is 0 Å². The molecule has 1 aliphatic carbocycles. The number of hydrogen-bond donors (Lipinski definition) is 0. The molecule has 5 nitrogen and oxygen atoms in total. The monoisotopic (exact) mass is 341 g/mol. The minimum Gasteiger partial charge on any atom is -0.303 e. The van der Waals surface area contributed by atoms with Crippen LogP contribution in [0.2, 0.25) is 0 Å². The summed E-state index contributed by atoms with van der Waals surface area (Å²) in [5.74, 6) is 0.110. The number of piperazine rings is 1. The van der Waals surface area contributed by atoms with Crippen molar-refractivity contribution in [3.8, 4) is 0 Å². The van der Waals surface area contributed by atoms with Gasteiger partial charge >= 0.3 is 0 Å². The Labute approximate surface area is 149 Å². The molecule has 4 rings (SSSR count). The Morgan fingerprint density at radius 2 is 1.80 bits per heavy atom. The van der Waals surface area contributed by atoms with E-state index in [2.05, 4.69) is 41.1 Å². The van der Waals surface area contributed by atoms with Crippen molar-refractivity contribution >= 4 is 11.8 Å². The number of likely N-dealkylation sites (N-methyl/N-ethyl adjacent to an activating group) is 1. The van der Waals surface area contributed by atoms with Crippen molar-refractivity contribution in [2.45, 2.75) is 38.1 Å². The van der Waals surface area contributed by atoms with Crippen molar-refractivity contribution in [2.75, 3.05) is 33.4 Å². The number of likely N-dealkylation sites (tertiary alicyclic amines) is 1. The van der Waals surface area contributed by atoms with E-state index in [-0.39, 0.29) is 23.3 Å². The summed E-state index contributed by atoms with van der Waals surface area (Å²) in [5.41, 5.74) is 0.884. The van der Waals surface area contributed by atoms with Gasteiger partial charge in [0.05, 0.1) is 12.1 Å². The highest BCUT2D eigenvalue weighted by molar-refractivity contribution is 6.06. The van der Waals surface area contributed by atoms with E-state index in [1.165, 1.54) is 5.56 Å². The van der Waals surface area contributed by atoms with Crippen molar-refractivity contribution in [3.05, 3.63) is 35.9 Å². The predicted molar refractivity (Wildman–Crippen MR) is 95.6 cm³/mol. The van der Waals surface area contributed by atoms with Gasteiger partial charge in [-0.15, -0.1) is 0 Å². The van der Waals surface area contributed by atoms with Crippen LogP contribution >= 0.6 is 0 Å². The van der Waals surface area contributed by atoms with Crippen LogP contribution in [0.4, 0.5) is 0 Å². The van der Waals surface area contributed by atoms with E-state index < -0.39 is 0 Å². The summed E-state index contributed by atoms with van der Waals surface area (Å²) in [6.07, 6.45) is 4.36. The molecule has 2 saturated heterocycles. The van der Waals surface area contributed by atoms with Crippen LogP contribution in [-0.2, 0) is 9.59 Å². The standard InChI is InChI=1S/C20H27N3O2/c1-21-11-12-22(17(14-21)16-7-3-2-4-8-16)15-23-18(24)13-20(19(23)25)9-5-6-10-20/h2-4,7-8,17H,5-6,9-15H2,1H3/t17-/m1/s1. The summed E-state index contributed by atoms with van der Waals surface area (Å²) in [7, 11) is 2.13. The van der Waals surface area contributed by atoms with E-state index >= 15 is 0 Å². The molecule has 2 heterocycles. The summed E-state index contributed by atoms with van der Waals surface area (Å²) in [6.45, 7) is 3.20. The molecule has 2 aliphatic heterocycles. The summed E-state index contributed by atoms with van der Waals surface area (Å²) >= 11 is 0. The second-order valence-electron chi connectivity index (χ2n) is 7.93. The van der Waals surface area contributed by atoms with Gasteiger partial charge < -0.3 is 4.90 Å². The number of hydrogen-bond acceptors (Lipinski definition) is 4. The number of amides is 2. The van der Waals surface area contributed by atoms with Gasteiger partial charge in [0.15, 0.2) is 0 Å². The van der Waals surface area contributed by atoms with Crippen LogP contribution in [0.15, 0.2) is 30.3 Å². The molecule has 0 unspecified atom stereocenters. The second kappa shape index (κ2) is 6.54. The maximum absolute atomic E-state index is 13.0. The van der Waals surface area contributed by atoms with Crippen LogP contribution < -0.4 is 0 Å². The highest BCUT2D eigenvalue weighted by Crippen LogP contribution is 2.47. The molecule has 3 aliphatic rings. The molecule has 5 heteroatoms. The largest absolute Gasteiger partial charge is 0.303 e. The van der Waals surface area contributed by atoms with Gasteiger partial charge in [0.2, 0.25) is 11.8 Å². The first-order chi connectivity index (χ1) is 12.1. The smallest absolute Gasteiger partial charge is 0.237 e. The zero-order valence-corrected chi connectivity index (χ0v) is 15.0. The van der Waals surface area contributed by atoms with Gasteiger partial charge in [-0.05, 0) is 25.5 Å². The molecular weight excluding hydrogens is 314 g/mol. The highest BCUT2D eigenvalue weighted by Gasteiger charge is 2.53. The summed E-state index contributed by atoms with van der Waals surface area (Å²) in [5, 5.41) is 0. The minimum absolute atomic E-state index is 0.0256. The van der Waals surface area contributed by atoms with Gasteiger partial charge in [0.1, 0.15) is 0 Å². The van der Waals surface area contributed by atoms with Crippen LogP contribution in [0, 0.1) is 5.41 Å². The average molecular weight is 341 g/mol. The Hall–Kier alpha value is -1.72. The first-order valence-electron chi connectivity index (χ1n) is 9.41. The lowest BCUT2D eigenvalue weighted by atomic mass is 9.85. The Kier molecular flexibility index (Phi) is 4.38. The first-order valence-corrected chi connectivity index (χ1v) is 9.41. The predicted octanol–water partition coefficient (Wildman–Crippen LogP) is 2.25. The number of carbonyl (C=O) groups is 2. The van der Waals surface area contributed by atoms with E-state index in [9.17, 15) is 9.59 Å². The van der Waals surface area contributed by atoms with Gasteiger partial charge in [0.25, 0.3) is 0 Å². The van der Waals surface area contributed by atoms with E-state index in [0.717, 1.165) is 45.3 Å². The van der Waals surface area contributed by atoms with Gasteiger partial charge in [-0.1, -0.05) is 43.2 Å². The maximum Gasteiger partial charge on any atom is 0.237 e. The van der Waals surface area contributed by atoms with Gasteiger partial charge in [-0.3, -0.25) is 19.4 Å². The van der Waals surface area contributed by atoms with E-state index in [1.54, 1.807) is 4.90 Å². The normalized spacial score (nSPS) is 27.6. The van der Waals surface area contributed by atoms with Crippen molar-refractivity contribution < 1.29 is 9.59 Å². The van der Waals surface area contributed by atoms with Crippen LogP contribution in [-0.4, -0.2) is 59.9 Å². The number of rotatable bonds is 3. The quantitative estimate of drug-likeness (QED) is 0.791. The molecule has 2 amide bonds. The Bertz CT molecular complexity index is 654. The molecule has 1 atom stereocenters. The fraction of sp³-hybridized carbons (Fsp3) is 0.600. The maximum atomic E-state index is 13.0. The minimum atomic E-state index is -0.369. The van der Waals surface area contributed by atoms with Crippen molar-refractivity contribution in [1.82, 2.24) is 14.7 Å². The van der Waals surface area contributed by atoms with Crippen molar-refractivity contribution in [1.29, 1.82) is 0 Å². The Morgan fingerprint density at radius 1 is 1.08 bits per heavy atom. The van der Waals surface area contributed by atoms with Crippen molar-refractivity contribution in [2.24, 2.45) is 5.41 Å². The number of imide groups is 1. The first kappa shape index (κ1) is 16.7. The molecule has 25 heavy (non-hydrogen) atoms. The van der Waals surface area contributed by atoms with Crippen LogP contribution in [0.5, 0.6) is 0 Å². The highest BCUT2D eigenvalue weighted by atomic mass is 16.2. The fourth-order valence-electron chi connectivity index (χ4n) is 4.74. The molecule has 134 valence electrons. The number of benzene rings is 1. The zero-order chi connectivity index (χ0) is 17.4. The van der Waals surface area contributed by atoms with Crippen LogP contribution in [0.25, 0.3) is 0 Å². The topological polar surface area (TPSA) is 43.9 Å². The molecule has 1 saturated carbocycles. The average Bonchev–Trinajstić information content (AvgIpc) is 3.18. The molecule has 0 bridgehead atoms. The van der Waals surface area contributed by atoms with Gasteiger partial charge in [0, 0.05) is 32.1 Å². The van der Waals surface area contributed by atoms with E-state index in [0.29, 0.717) is 13.1 Å². The summed E-state index contributed by atoms with van der Waals surface area (Å²) < 4.78 is 0. The molecule has 1 spiro atoms. The Balaban J connectivity index is 1.54. The fourth-order valence-corrected chi connectivity index (χ4v) is 4.74. The molecule has 3 fully saturated rings. The van der Waals surface area contributed by atoms with E-state index in [1.807, 2.05) is 6.07 Å². The van der Waals surface area contributed by atoms with Crippen LogP contribution in [0.3, 0.4) is 0 Å². The third-order valence-electron chi connectivity index (χ3n) is 6.25. The lowest BCUT2D eigenvalue weighted by Gasteiger charge is -2.41. The summed E-state index contributed by atoms with van der Waals surface area (Å²) in [4.78, 5) is 31.8. The Morgan fingerprint density at radius 3 is 2.52 bits per heavy atom. The number of carbonyl (C=O) groups excluding carboxylic acids is 2. The molecule has 0 aromatic heterocycles. The molecule has 0 radical (unpaired) electrons. The van der Waals surface area contributed by atoms with E-state index in [4.69, 9.17) is 0 Å². The molecular formula is C20H27N3O2. The molecule has 0 N–H and O–H groups in total. The lowest BCUT2D eigenvalue weighted by molar-refractivity contribution is -0.145. The molecule has 1 aromatic rings. The van der Waals surface area contributed by atoms with Crippen LogP contribution in [0.1, 0.15) is 43.7 Å². The van der Waals surface area contributed by atoms with Gasteiger partial charge in [-0.2, -0.15) is 0 Å². The number of nitrogens with zero attached hydrogens (tertiary/aromatic N) is 3. The summed E-state index contributed by atoms with van der Waals surface area (Å²) in [6, 6.07) is 10.6. The third kappa shape index (κ3) is 3.00. The second-order valence-corrected chi connectivity index (χ2v) is 7.93. The zero-order valence-electron chi connectivity index (χ0n) is 15.0. The van der Waals surface area contributed by atoms with Gasteiger partial charge in [-0.25, -0.2) is 0 Å².